The summed E-state index contributed by atoms with van der Waals surface area (Å²) < 4.78 is 0. The van der Waals surface area contributed by atoms with Gasteiger partial charge in [0.05, 0.1) is 0 Å². The molecule has 94 valence electrons. The van der Waals surface area contributed by atoms with Gasteiger partial charge >= 0.3 is 0 Å². The lowest BCUT2D eigenvalue weighted by Gasteiger charge is -2.60. The van der Waals surface area contributed by atoms with E-state index in [0.717, 1.165) is 17.3 Å². The molecule has 1 spiro atoms. The van der Waals surface area contributed by atoms with Gasteiger partial charge in [0.15, 0.2) is 0 Å². The molecule has 1 saturated carbocycles. The zero-order chi connectivity index (χ0) is 11.8. The maximum Gasteiger partial charge on any atom is 0.00508 e. The highest BCUT2D eigenvalue weighted by Gasteiger charge is 2.51. The van der Waals surface area contributed by atoms with Gasteiger partial charge in [-0.1, -0.05) is 27.7 Å². The summed E-state index contributed by atoms with van der Waals surface area (Å²) in [4.78, 5) is 2.64. The molecule has 2 aliphatic rings. The van der Waals surface area contributed by atoms with E-state index in [4.69, 9.17) is 0 Å². The lowest BCUT2D eigenvalue weighted by atomic mass is 9.57. The summed E-state index contributed by atoms with van der Waals surface area (Å²) >= 11 is 0. The molecule has 0 aromatic carbocycles. The first-order valence-electron chi connectivity index (χ1n) is 6.95. The van der Waals surface area contributed by atoms with E-state index in [-0.39, 0.29) is 0 Å². The SMILES string of the molecule is CC(C)CN1CC2(CC(CNC(C)C)C2)C1. The van der Waals surface area contributed by atoms with E-state index in [0.29, 0.717) is 6.04 Å². The van der Waals surface area contributed by atoms with Crippen molar-refractivity contribution in [3.63, 3.8) is 0 Å². The van der Waals surface area contributed by atoms with E-state index < -0.39 is 0 Å². The lowest BCUT2D eigenvalue weighted by Crippen LogP contribution is -2.63. The molecule has 16 heavy (non-hydrogen) atoms. The van der Waals surface area contributed by atoms with Gasteiger partial charge < -0.3 is 10.2 Å². The van der Waals surface area contributed by atoms with Crippen LogP contribution in [-0.2, 0) is 0 Å². The summed E-state index contributed by atoms with van der Waals surface area (Å²) in [6.45, 7) is 14.4. The molecule has 0 unspecified atom stereocenters. The van der Waals surface area contributed by atoms with Gasteiger partial charge in [-0.25, -0.2) is 0 Å². The first-order chi connectivity index (χ1) is 7.49. The maximum absolute atomic E-state index is 3.56. The summed E-state index contributed by atoms with van der Waals surface area (Å²) in [5.41, 5.74) is 0.748. The Labute approximate surface area is 101 Å². The molecule has 1 aliphatic heterocycles. The molecule has 1 heterocycles. The first-order valence-corrected chi connectivity index (χ1v) is 6.95. The van der Waals surface area contributed by atoms with Crippen molar-refractivity contribution in [2.24, 2.45) is 17.3 Å². The standard InChI is InChI=1S/C14H28N2/c1-11(2)8-16-9-14(10-16)5-13(6-14)7-15-12(3)4/h11-13,15H,5-10H2,1-4H3. The van der Waals surface area contributed by atoms with E-state index >= 15 is 0 Å². The molecule has 2 fully saturated rings. The Kier molecular flexibility index (Phi) is 3.60. The molecule has 0 atom stereocenters. The van der Waals surface area contributed by atoms with Gasteiger partial charge in [0, 0.05) is 25.7 Å². The molecule has 2 heteroatoms. The predicted molar refractivity (Wildman–Crippen MR) is 69.6 cm³/mol. The molecule has 0 bridgehead atoms. The number of nitrogens with zero attached hydrogens (tertiary/aromatic N) is 1. The summed E-state index contributed by atoms with van der Waals surface area (Å²) in [6, 6.07) is 0.649. The Balaban J connectivity index is 1.59. The van der Waals surface area contributed by atoms with Gasteiger partial charge in [-0.15, -0.1) is 0 Å². The largest absolute Gasteiger partial charge is 0.314 e. The lowest BCUT2D eigenvalue weighted by molar-refractivity contribution is -0.0970. The Hall–Kier alpha value is -0.0800. The zero-order valence-corrected chi connectivity index (χ0v) is 11.4. The minimum Gasteiger partial charge on any atom is -0.314 e. The highest BCUT2D eigenvalue weighted by molar-refractivity contribution is 5.04. The van der Waals surface area contributed by atoms with Gasteiger partial charge in [-0.2, -0.15) is 0 Å². The summed E-state index contributed by atoms with van der Waals surface area (Å²) in [7, 11) is 0. The second-order valence-electron chi connectivity index (χ2n) is 6.90. The second kappa shape index (κ2) is 4.66. The summed E-state index contributed by atoms with van der Waals surface area (Å²) in [5, 5.41) is 3.56. The maximum atomic E-state index is 3.56. The van der Waals surface area contributed by atoms with Crippen LogP contribution in [0.15, 0.2) is 0 Å². The Morgan fingerprint density at radius 1 is 1.19 bits per heavy atom. The van der Waals surface area contributed by atoms with Crippen molar-refractivity contribution < 1.29 is 0 Å². The second-order valence-corrected chi connectivity index (χ2v) is 6.90. The van der Waals surface area contributed by atoms with Crippen LogP contribution in [0.1, 0.15) is 40.5 Å². The van der Waals surface area contributed by atoms with E-state index in [9.17, 15) is 0 Å². The van der Waals surface area contributed by atoms with Crippen molar-refractivity contribution in [2.45, 2.75) is 46.6 Å². The number of rotatable bonds is 5. The highest BCUT2D eigenvalue weighted by atomic mass is 15.2. The summed E-state index contributed by atoms with van der Waals surface area (Å²) in [6.07, 6.45) is 2.95. The number of hydrogen-bond donors (Lipinski definition) is 1. The van der Waals surface area contributed by atoms with Crippen LogP contribution in [0.3, 0.4) is 0 Å². The van der Waals surface area contributed by atoms with Crippen molar-refractivity contribution in [3.8, 4) is 0 Å². The highest BCUT2D eigenvalue weighted by Crippen LogP contribution is 2.51. The van der Waals surface area contributed by atoms with Gasteiger partial charge in [-0.3, -0.25) is 0 Å². The third-order valence-corrected chi connectivity index (χ3v) is 4.00. The van der Waals surface area contributed by atoms with E-state index in [2.05, 4.69) is 37.9 Å². The molecule has 0 amide bonds. The van der Waals surface area contributed by atoms with Gasteiger partial charge in [0.2, 0.25) is 0 Å². The molecular formula is C14H28N2. The molecule has 0 radical (unpaired) electrons. The quantitative estimate of drug-likeness (QED) is 0.771. The molecule has 2 rings (SSSR count). The predicted octanol–water partition coefficient (Wildman–Crippen LogP) is 2.35. The van der Waals surface area contributed by atoms with Crippen molar-refractivity contribution in [1.82, 2.24) is 10.2 Å². The van der Waals surface area contributed by atoms with E-state index in [1.807, 2.05) is 0 Å². The molecule has 1 N–H and O–H groups in total. The Morgan fingerprint density at radius 2 is 1.81 bits per heavy atom. The van der Waals surface area contributed by atoms with Crippen molar-refractivity contribution >= 4 is 0 Å². The Morgan fingerprint density at radius 3 is 2.31 bits per heavy atom. The number of likely N-dealkylation sites (tertiary alicyclic amines) is 1. The number of nitrogens with one attached hydrogen (secondary N) is 1. The van der Waals surface area contributed by atoms with E-state index in [1.165, 1.54) is 39.0 Å². The van der Waals surface area contributed by atoms with Gasteiger partial charge in [0.25, 0.3) is 0 Å². The Bertz CT molecular complexity index is 221. The minimum atomic E-state index is 0.649. The van der Waals surface area contributed by atoms with Crippen LogP contribution in [0, 0.1) is 17.3 Å². The fraction of sp³-hybridized carbons (Fsp3) is 1.00. The molecule has 1 saturated heterocycles. The van der Waals surface area contributed by atoms with Crippen LogP contribution in [0.2, 0.25) is 0 Å². The molecule has 2 nitrogen and oxygen atoms in total. The van der Waals surface area contributed by atoms with Crippen LogP contribution in [0.5, 0.6) is 0 Å². The monoisotopic (exact) mass is 224 g/mol. The summed E-state index contributed by atoms with van der Waals surface area (Å²) in [5.74, 6) is 1.79. The first kappa shape index (κ1) is 12.4. The van der Waals surface area contributed by atoms with Crippen molar-refractivity contribution in [3.05, 3.63) is 0 Å². The van der Waals surface area contributed by atoms with Crippen molar-refractivity contribution in [1.29, 1.82) is 0 Å². The van der Waals surface area contributed by atoms with Crippen LogP contribution >= 0.6 is 0 Å². The number of hydrogen-bond acceptors (Lipinski definition) is 2. The van der Waals surface area contributed by atoms with Crippen LogP contribution < -0.4 is 5.32 Å². The fourth-order valence-electron chi connectivity index (χ4n) is 3.52. The zero-order valence-electron chi connectivity index (χ0n) is 11.4. The van der Waals surface area contributed by atoms with Gasteiger partial charge in [-0.05, 0) is 36.6 Å². The third kappa shape index (κ3) is 2.78. The average molecular weight is 224 g/mol. The van der Waals surface area contributed by atoms with Crippen molar-refractivity contribution in [2.75, 3.05) is 26.2 Å². The molecule has 0 aromatic rings. The van der Waals surface area contributed by atoms with Gasteiger partial charge in [0.1, 0.15) is 0 Å². The fourth-order valence-corrected chi connectivity index (χ4v) is 3.52. The van der Waals surface area contributed by atoms with Crippen LogP contribution in [0.25, 0.3) is 0 Å². The average Bonchev–Trinajstić information content (AvgIpc) is 2.03. The minimum absolute atomic E-state index is 0.649. The molecule has 1 aliphatic carbocycles. The topological polar surface area (TPSA) is 15.3 Å². The van der Waals surface area contributed by atoms with E-state index in [1.54, 1.807) is 0 Å². The molecule has 0 aromatic heterocycles. The van der Waals surface area contributed by atoms with Crippen LogP contribution in [-0.4, -0.2) is 37.1 Å². The molecular weight excluding hydrogens is 196 g/mol. The third-order valence-electron chi connectivity index (χ3n) is 4.00. The normalized spacial score (nSPS) is 25.1. The smallest absolute Gasteiger partial charge is 0.00508 e. The van der Waals surface area contributed by atoms with Crippen LogP contribution in [0.4, 0.5) is 0 Å².